The first-order valence-corrected chi connectivity index (χ1v) is 4.99. The highest BCUT2D eigenvalue weighted by Crippen LogP contribution is 2.18. The number of hydrogen-bond acceptors (Lipinski definition) is 5. The lowest BCUT2D eigenvalue weighted by atomic mass is 10.3. The third-order valence-electron chi connectivity index (χ3n) is 2.26. The Bertz CT molecular complexity index is 476. The van der Waals surface area contributed by atoms with E-state index in [0.717, 1.165) is 11.3 Å². The van der Waals surface area contributed by atoms with E-state index >= 15 is 0 Å². The molecular weight excluding hydrogens is 204 g/mol. The minimum Gasteiger partial charge on any atom is -0.394 e. The van der Waals surface area contributed by atoms with Gasteiger partial charge in [0.15, 0.2) is 5.82 Å². The van der Waals surface area contributed by atoms with Crippen molar-refractivity contribution < 1.29 is 0 Å². The SMILES string of the molecule is Cc1nc(C)c(N)c(NCc2cn[nH]c2)n1. The van der Waals surface area contributed by atoms with Crippen LogP contribution in [0.15, 0.2) is 12.4 Å². The van der Waals surface area contributed by atoms with E-state index < -0.39 is 0 Å². The third-order valence-corrected chi connectivity index (χ3v) is 2.26. The predicted molar refractivity (Wildman–Crippen MR) is 61.8 cm³/mol. The fourth-order valence-electron chi connectivity index (χ4n) is 1.42. The normalized spacial score (nSPS) is 10.4. The zero-order valence-corrected chi connectivity index (χ0v) is 9.28. The molecule has 0 saturated carbocycles. The minimum absolute atomic E-state index is 0.592. The highest BCUT2D eigenvalue weighted by molar-refractivity contribution is 5.63. The molecule has 0 unspecified atom stereocenters. The first kappa shape index (κ1) is 10.4. The average molecular weight is 218 g/mol. The molecule has 0 fully saturated rings. The number of nitrogens with one attached hydrogen (secondary N) is 2. The number of aryl methyl sites for hydroxylation is 2. The van der Waals surface area contributed by atoms with E-state index in [1.165, 1.54) is 0 Å². The number of rotatable bonds is 3. The number of nitrogens with two attached hydrogens (primary N) is 1. The van der Waals surface area contributed by atoms with Crippen molar-refractivity contribution >= 4 is 11.5 Å². The molecule has 0 aliphatic heterocycles. The Morgan fingerprint density at radius 3 is 2.88 bits per heavy atom. The predicted octanol–water partition coefficient (Wildman–Crippen LogP) is 1.01. The van der Waals surface area contributed by atoms with Gasteiger partial charge in [0.25, 0.3) is 0 Å². The van der Waals surface area contributed by atoms with Gasteiger partial charge in [0.05, 0.1) is 17.6 Å². The molecule has 0 saturated heterocycles. The summed E-state index contributed by atoms with van der Waals surface area (Å²) < 4.78 is 0. The van der Waals surface area contributed by atoms with Crippen molar-refractivity contribution in [3.8, 4) is 0 Å². The summed E-state index contributed by atoms with van der Waals surface area (Å²) in [6, 6.07) is 0. The van der Waals surface area contributed by atoms with Crippen LogP contribution in [-0.2, 0) is 6.54 Å². The Morgan fingerprint density at radius 2 is 2.19 bits per heavy atom. The van der Waals surface area contributed by atoms with Gasteiger partial charge in [-0.3, -0.25) is 5.10 Å². The van der Waals surface area contributed by atoms with Crippen molar-refractivity contribution in [3.05, 3.63) is 29.5 Å². The second kappa shape index (κ2) is 4.18. The standard InChI is InChI=1S/C10H14N6/c1-6-9(11)10(16-7(2)15-6)12-3-8-4-13-14-5-8/h4-5H,3,11H2,1-2H3,(H,13,14)(H,12,15,16). The maximum Gasteiger partial charge on any atom is 0.153 e. The molecule has 0 radical (unpaired) electrons. The monoisotopic (exact) mass is 218 g/mol. The maximum absolute atomic E-state index is 5.88. The lowest BCUT2D eigenvalue weighted by Gasteiger charge is -2.09. The van der Waals surface area contributed by atoms with Gasteiger partial charge in [-0.05, 0) is 13.8 Å². The van der Waals surface area contributed by atoms with Crippen molar-refractivity contribution in [1.29, 1.82) is 0 Å². The van der Waals surface area contributed by atoms with Crippen LogP contribution in [0.3, 0.4) is 0 Å². The molecular formula is C10H14N6. The highest BCUT2D eigenvalue weighted by atomic mass is 15.1. The van der Waals surface area contributed by atoms with Gasteiger partial charge in [-0.2, -0.15) is 5.10 Å². The quantitative estimate of drug-likeness (QED) is 0.715. The van der Waals surface area contributed by atoms with Crippen LogP contribution in [0.5, 0.6) is 0 Å². The summed E-state index contributed by atoms with van der Waals surface area (Å²) in [6.45, 7) is 4.35. The van der Waals surface area contributed by atoms with Crippen LogP contribution in [0.4, 0.5) is 11.5 Å². The van der Waals surface area contributed by atoms with Crippen LogP contribution in [0.1, 0.15) is 17.1 Å². The van der Waals surface area contributed by atoms with E-state index in [4.69, 9.17) is 5.73 Å². The summed E-state index contributed by atoms with van der Waals surface area (Å²) in [4.78, 5) is 8.44. The number of anilines is 2. The average Bonchev–Trinajstić information content (AvgIpc) is 2.74. The van der Waals surface area contributed by atoms with Gasteiger partial charge in [-0.15, -0.1) is 0 Å². The Hall–Kier alpha value is -2.11. The van der Waals surface area contributed by atoms with Crippen LogP contribution in [0, 0.1) is 13.8 Å². The van der Waals surface area contributed by atoms with Gasteiger partial charge in [-0.1, -0.05) is 0 Å². The molecule has 2 aromatic rings. The maximum atomic E-state index is 5.88. The van der Waals surface area contributed by atoms with Crippen LogP contribution >= 0.6 is 0 Å². The third kappa shape index (κ3) is 2.10. The first-order valence-electron chi connectivity index (χ1n) is 4.99. The van der Waals surface area contributed by atoms with E-state index in [-0.39, 0.29) is 0 Å². The fraction of sp³-hybridized carbons (Fsp3) is 0.300. The molecule has 0 bridgehead atoms. The minimum atomic E-state index is 0.592. The molecule has 0 aliphatic rings. The van der Waals surface area contributed by atoms with Crippen molar-refractivity contribution in [2.45, 2.75) is 20.4 Å². The zero-order chi connectivity index (χ0) is 11.5. The largest absolute Gasteiger partial charge is 0.394 e. The number of aromatic amines is 1. The van der Waals surface area contributed by atoms with E-state index in [0.29, 0.717) is 23.9 Å². The molecule has 0 amide bonds. The molecule has 2 aromatic heterocycles. The van der Waals surface area contributed by atoms with Crippen LogP contribution < -0.4 is 11.1 Å². The molecule has 0 atom stereocenters. The van der Waals surface area contributed by atoms with Gasteiger partial charge in [0, 0.05) is 18.3 Å². The number of aromatic nitrogens is 4. The molecule has 6 nitrogen and oxygen atoms in total. The van der Waals surface area contributed by atoms with Crippen molar-refractivity contribution in [2.24, 2.45) is 0 Å². The lowest BCUT2D eigenvalue weighted by molar-refractivity contribution is 0.997. The van der Waals surface area contributed by atoms with Gasteiger partial charge >= 0.3 is 0 Å². The van der Waals surface area contributed by atoms with Crippen molar-refractivity contribution in [1.82, 2.24) is 20.2 Å². The second-order valence-corrected chi connectivity index (χ2v) is 3.58. The number of nitrogens with zero attached hydrogens (tertiary/aromatic N) is 3. The molecule has 0 aliphatic carbocycles. The van der Waals surface area contributed by atoms with E-state index in [1.807, 2.05) is 20.0 Å². The summed E-state index contributed by atoms with van der Waals surface area (Å²) in [5, 5.41) is 9.77. The molecule has 0 aromatic carbocycles. The molecule has 84 valence electrons. The smallest absolute Gasteiger partial charge is 0.153 e. The molecule has 16 heavy (non-hydrogen) atoms. The second-order valence-electron chi connectivity index (χ2n) is 3.58. The summed E-state index contributed by atoms with van der Waals surface area (Å²) >= 11 is 0. The summed E-state index contributed by atoms with van der Waals surface area (Å²) in [7, 11) is 0. The van der Waals surface area contributed by atoms with E-state index in [1.54, 1.807) is 6.20 Å². The van der Waals surface area contributed by atoms with Gasteiger partial charge in [0.1, 0.15) is 5.82 Å². The summed E-state index contributed by atoms with van der Waals surface area (Å²) in [5.74, 6) is 1.38. The van der Waals surface area contributed by atoms with Crippen LogP contribution in [0.2, 0.25) is 0 Å². The molecule has 6 heteroatoms. The highest BCUT2D eigenvalue weighted by Gasteiger charge is 2.06. The van der Waals surface area contributed by atoms with Gasteiger partial charge in [0.2, 0.25) is 0 Å². The van der Waals surface area contributed by atoms with E-state index in [9.17, 15) is 0 Å². The summed E-state index contributed by atoms with van der Waals surface area (Å²) in [6.07, 6.45) is 3.58. The fourth-order valence-corrected chi connectivity index (χ4v) is 1.42. The molecule has 4 N–H and O–H groups in total. The van der Waals surface area contributed by atoms with Crippen molar-refractivity contribution in [3.63, 3.8) is 0 Å². The lowest BCUT2D eigenvalue weighted by Crippen LogP contribution is -2.08. The number of hydrogen-bond donors (Lipinski definition) is 3. The van der Waals surface area contributed by atoms with Gasteiger partial charge in [-0.25, -0.2) is 9.97 Å². The van der Waals surface area contributed by atoms with Crippen LogP contribution in [-0.4, -0.2) is 20.2 Å². The topological polar surface area (TPSA) is 92.5 Å². The van der Waals surface area contributed by atoms with Gasteiger partial charge < -0.3 is 11.1 Å². The Balaban J connectivity index is 2.15. The van der Waals surface area contributed by atoms with E-state index in [2.05, 4.69) is 25.5 Å². The number of H-pyrrole nitrogens is 1. The Morgan fingerprint density at radius 1 is 1.38 bits per heavy atom. The Labute approximate surface area is 93.3 Å². The molecule has 2 heterocycles. The summed E-state index contributed by atoms with van der Waals surface area (Å²) in [5.41, 5.74) is 8.31. The zero-order valence-electron chi connectivity index (χ0n) is 9.28. The Kier molecular flexibility index (Phi) is 2.72. The van der Waals surface area contributed by atoms with Crippen molar-refractivity contribution in [2.75, 3.05) is 11.1 Å². The molecule has 0 spiro atoms. The first-order chi connectivity index (χ1) is 7.66. The number of nitrogen functional groups attached to an aromatic ring is 1. The molecule has 2 rings (SSSR count). The van der Waals surface area contributed by atoms with Crippen LogP contribution in [0.25, 0.3) is 0 Å².